The molecule has 1 saturated carbocycles. The van der Waals surface area contributed by atoms with Gasteiger partial charge in [0.1, 0.15) is 11.6 Å². The highest BCUT2D eigenvalue weighted by Crippen LogP contribution is 2.59. The van der Waals surface area contributed by atoms with Gasteiger partial charge in [0.15, 0.2) is 0 Å². The van der Waals surface area contributed by atoms with Crippen LogP contribution in [0.1, 0.15) is 64.2 Å². The maximum Gasteiger partial charge on any atom is 0.227 e. The minimum atomic E-state index is -1.03. The second-order valence-corrected chi connectivity index (χ2v) is 11.6. The van der Waals surface area contributed by atoms with Gasteiger partial charge >= 0.3 is 0 Å². The SMILES string of the molecule is CCCN(CCC)C(=O)C1C(C(=O)N[C@@H](Cc2cc(F)cc(F)c2)[C@H](O)CNCc2cccc(CC)c2)C1(C)C. The Morgan fingerprint density at radius 2 is 1.57 bits per heavy atom. The number of hydrogen-bond acceptors (Lipinski definition) is 4. The summed E-state index contributed by atoms with van der Waals surface area (Å²) in [4.78, 5) is 28.7. The number of aryl methyl sites for hydroxylation is 1. The summed E-state index contributed by atoms with van der Waals surface area (Å²) in [6.07, 6.45) is 1.61. The Bertz CT molecular complexity index is 1130. The number of aliphatic hydroxyl groups is 1. The third-order valence-corrected chi connectivity index (χ3v) is 7.93. The molecule has 3 rings (SSSR count). The molecule has 8 heteroatoms. The van der Waals surface area contributed by atoms with Crippen LogP contribution in [0.25, 0.3) is 0 Å². The third kappa shape index (κ3) is 8.10. The summed E-state index contributed by atoms with van der Waals surface area (Å²) in [5.74, 6) is -2.77. The number of nitrogens with zero attached hydrogens (tertiary/aromatic N) is 1. The van der Waals surface area contributed by atoms with Gasteiger partial charge in [-0.05, 0) is 59.9 Å². The Kier molecular flexibility index (Phi) is 11.2. The maximum atomic E-state index is 13.9. The predicted octanol–water partition coefficient (Wildman–Crippen LogP) is 4.63. The van der Waals surface area contributed by atoms with E-state index in [1.54, 1.807) is 0 Å². The van der Waals surface area contributed by atoms with E-state index in [2.05, 4.69) is 29.7 Å². The second kappa shape index (κ2) is 14.2. The van der Waals surface area contributed by atoms with Crippen molar-refractivity contribution in [2.75, 3.05) is 19.6 Å². The zero-order valence-electron chi connectivity index (χ0n) is 24.5. The van der Waals surface area contributed by atoms with Crippen molar-refractivity contribution in [1.29, 1.82) is 0 Å². The molecule has 0 spiro atoms. The molecule has 40 heavy (non-hydrogen) atoms. The number of rotatable bonds is 15. The van der Waals surface area contributed by atoms with Gasteiger partial charge in [-0.15, -0.1) is 0 Å². The molecule has 0 radical (unpaired) electrons. The first-order chi connectivity index (χ1) is 19.0. The van der Waals surface area contributed by atoms with Crippen molar-refractivity contribution in [2.24, 2.45) is 17.3 Å². The van der Waals surface area contributed by atoms with Crippen LogP contribution in [-0.2, 0) is 29.0 Å². The van der Waals surface area contributed by atoms with E-state index in [1.807, 2.05) is 44.7 Å². The standard InChI is InChI=1S/C32H45F2N3O3/c1-6-12-37(13-7-2)31(40)29-28(32(29,4)5)30(39)36-26(17-23-15-24(33)18-25(34)16-23)27(38)20-35-19-22-11-9-10-21(8-3)14-22/h9-11,14-16,18,26-29,35,38H,6-8,12-13,17,19-20H2,1-5H3,(H,36,39)/t26-,27+,28?,29?/m0/s1. The first-order valence-electron chi connectivity index (χ1n) is 14.5. The van der Waals surface area contributed by atoms with E-state index < -0.39 is 41.0 Å². The lowest BCUT2D eigenvalue weighted by Crippen LogP contribution is -2.49. The van der Waals surface area contributed by atoms with Gasteiger partial charge in [-0.25, -0.2) is 8.78 Å². The fourth-order valence-corrected chi connectivity index (χ4v) is 5.66. The molecule has 2 amide bonds. The molecule has 0 aromatic heterocycles. The topological polar surface area (TPSA) is 81.7 Å². The van der Waals surface area contributed by atoms with Gasteiger partial charge in [0.2, 0.25) is 11.8 Å². The van der Waals surface area contributed by atoms with Crippen molar-refractivity contribution in [1.82, 2.24) is 15.5 Å². The number of aliphatic hydroxyl groups excluding tert-OH is 1. The Labute approximate surface area is 237 Å². The van der Waals surface area contributed by atoms with E-state index in [0.29, 0.717) is 25.2 Å². The lowest BCUT2D eigenvalue weighted by molar-refractivity contribution is -0.135. The van der Waals surface area contributed by atoms with Gasteiger partial charge in [-0.1, -0.05) is 58.9 Å². The molecular formula is C32H45F2N3O3. The van der Waals surface area contributed by atoms with Crippen LogP contribution in [0, 0.1) is 28.9 Å². The average Bonchev–Trinajstić information content (AvgIpc) is 3.48. The quantitative estimate of drug-likeness (QED) is 0.298. The molecule has 1 fully saturated rings. The first-order valence-corrected chi connectivity index (χ1v) is 14.5. The molecule has 2 aromatic carbocycles. The van der Waals surface area contributed by atoms with Crippen molar-refractivity contribution in [3.8, 4) is 0 Å². The number of halogens is 2. The van der Waals surface area contributed by atoms with Crippen LogP contribution < -0.4 is 10.6 Å². The zero-order chi connectivity index (χ0) is 29.4. The molecule has 220 valence electrons. The predicted molar refractivity (Wildman–Crippen MR) is 153 cm³/mol. The molecule has 1 aliphatic carbocycles. The molecule has 6 nitrogen and oxygen atoms in total. The summed E-state index contributed by atoms with van der Waals surface area (Å²) in [5.41, 5.74) is 2.09. The van der Waals surface area contributed by atoms with E-state index in [1.165, 1.54) is 17.7 Å². The fourth-order valence-electron chi connectivity index (χ4n) is 5.66. The van der Waals surface area contributed by atoms with Crippen molar-refractivity contribution < 1.29 is 23.5 Å². The van der Waals surface area contributed by atoms with E-state index in [-0.39, 0.29) is 24.8 Å². The summed E-state index contributed by atoms with van der Waals surface area (Å²) >= 11 is 0. The molecule has 3 N–H and O–H groups in total. The summed E-state index contributed by atoms with van der Waals surface area (Å²) in [6, 6.07) is 10.5. The second-order valence-electron chi connectivity index (χ2n) is 11.6. The summed E-state index contributed by atoms with van der Waals surface area (Å²) < 4.78 is 27.9. The molecule has 1 aliphatic rings. The Balaban J connectivity index is 1.73. The van der Waals surface area contributed by atoms with E-state index in [4.69, 9.17) is 0 Å². The van der Waals surface area contributed by atoms with Gasteiger partial charge in [0, 0.05) is 32.2 Å². The van der Waals surface area contributed by atoms with Gasteiger partial charge in [-0.2, -0.15) is 0 Å². The number of benzene rings is 2. The first kappa shape index (κ1) is 31.7. The third-order valence-electron chi connectivity index (χ3n) is 7.93. The molecule has 2 unspecified atom stereocenters. The van der Waals surface area contributed by atoms with Gasteiger partial charge in [0.05, 0.1) is 24.0 Å². The number of hydrogen-bond donors (Lipinski definition) is 3. The van der Waals surface area contributed by atoms with Crippen molar-refractivity contribution in [2.45, 2.75) is 79.0 Å². The minimum absolute atomic E-state index is 0.0193. The Hall–Kier alpha value is -2.84. The van der Waals surface area contributed by atoms with E-state index in [9.17, 15) is 23.5 Å². The number of nitrogens with one attached hydrogen (secondary N) is 2. The molecule has 2 aromatic rings. The van der Waals surface area contributed by atoms with Crippen LogP contribution in [0.3, 0.4) is 0 Å². The zero-order valence-corrected chi connectivity index (χ0v) is 24.5. The van der Waals surface area contributed by atoms with Crippen LogP contribution in [0.15, 0.2) is 42.5 Å². The smallest absolute Gasteiger partial charge is 0.227 e. The van der Waals surface area contributed by atoms with Gasteiger partial charge in [0.25, 0.3) is 0 Å². The van der Waals surface area contributed by atoms with Crippen molar-refractivity contribution in [3.05, 3.63) is 70.8 Å². The fraction of sp³-hybridized carbons (Fsp3) is 0.562. The monoisotopic (exact) mass is 557 g/mol. The number of carbonyl (C=O) groups is 2. The molecule has 4 atom stereocenters. The number of carbonyl (C=O) groups excluding carboxylic acids is 2. The summed E-state index contributed by atoms with van der Waals surface area (Å²) in [5, 5.41) is 17.3. The van der Waals surface area contributed by atoms with Crippen LogP contribution in [0.4, 0.5) is 8.78 Å². The molecule has 0 bridgehead atoms. The molecule has 0 heterocycles. The van der Waals surface area contributed by atoms with Gasteiger partial charge in [-0.3, -0.25) is 9.59 Å². The van der Waals surface area contributed by atoms with Crippen molar-refractivity contribution >= 4 is 11.8 Å². The average molecular weight is 558 g/mol. The van der Waals surface area contributed by atoms with Crippen molar-refractivity contribution in [3.63, 3.8) is 0 Å². The lowest BCUT2D eigenvalue weighted by atomic mass is 9.99. The number of amides is 2. The largest absolute Gasteiger partial charge is 0.390 e. The Morgan fingerprint density at radius 1 is 0.950 bits per heavy atom. The maximum absolute atomic E-state index is 13.9. The highest BCUT2D eigenvalue weighted by Gasteiger charge is 2.66. The highest BCUT2D eigenvalue weighted by molar-refractivity contribution is 5.94. The summed E-state index contributed by atoms with van der Waals surface area (Å²) in [7, 11) is 0. The summed E-state index contributed by atoms with van der Waals surface area (Å²) in [6.45, 7) is 11.9. The molecule has 0 aliphatic heterocycles. The molecular weight excluding hydrogens is 512 g/mol. The lowest BCUT2D eigenvalue weighted by Gasteiger charge is -2.25. The van der Waals surface area contributed by atoms with Crippen LogP contribution in [-0.4, -0.2) is 53.6 Å². The Morgan fingerprint density at radius 3 is 2.17 bits per heavy atom. The highest BCUT2D eigenvalue weighted by atomic mass is 19.1. The van der Waals surface area contributed by atoms with Crippen LogP contribution >= 0.6 is 0 Å². The normalized spacial score (nSPS) is 19.1. The van der Waals surface area contributed by atoms with E-state index in [0.717, 1.165) is 30.9 Å². The van der Waals surface area contributed by atoms with E-state index >= 15 is 0 Å². The minimum Gasteiger partial charge on any atom is -0.390 e. The van der Waals surface area contributed by atoms with Gasteiger partial charge < -0.3 is 20.6 Å². The van der Waals surface area contributed by atoms with Crippen LogP contribution in [0.2, 0.25) is 0 Å². The molecule has 0 saturated heterocycles. The van der Waals surface area contributed by atoms with Crippen LogP contribution in [0.5, 0.6) is 0 Å².